The van der Waals surface area contributed by atoms with E-state index in [1.54, 1.807) is 0 Å². The summed E-state index contributed by atoms with van der Waals surface area (Å²) in [5.74, 6) is -0.636. The van der Waals surface area contributed by atoms with E-state index in [9.17, 15) is 18.0 Å². The van der Waals surface area contributed by atoms with Crippen molar-refractivity contribution in [2.24, 2.45) is 7.05 Å². The molecule has 3 N–H and O–H groups in total. The van der Waals surface area contributed by atoms with Gasteiger partial charge in [-0.05, 0) is 18.2 Å². The van der Waals surface area contributed by atoms with Gasteiger partial charge in [-0.25, -0.2) is 0 Å². The molecule has 0 aliphatic carbocycles. The van der Waals surface area contributed by atoms with Crippen molar-refractivity contribution in [1.29, 1.82) is 0 Å². The minimum Gasteiger partial charge on any atom is -0.396 e. The second-order valence-corrected chi connectivity index (χ2v) is 5.07. The van der Waals surface area contributed by atoms with Crippen LogP contribution in [-0.4, -0.2) is 15.7 Å². The van der Waals surface area contributed by atoms with Gasteiger partial charge in [-0.15, -0.1) is 0 Å². The van der Waals surface area contributed by atoms with Crippen LogP contribution >= 0.6 is 15.9 Å². The standard InChI is InChI=1S/C12H10BrF3N4O/c1-20-10(9(17)5-18-20)11(21)19-6-2-3-8(13)7(4-6)12(14,15)16/h2-5H,17H2,1H3,(H,19,21). The van der Waals surface area contributed by atoms with Crippen LogP contribution < -0.4 is 11.1 Å². The topological polar surface area (TPSA) is 72.9 Å². The number of nitrogens with zero attached hydrogens (tertiary/aromatic N) is 2. The van der Waals surface area contributed by atoms with Crippen LogP contribution in [0.15, 0.2) is 28.9 Å². The maximum absolute atomic E-state index is 12.8. The van der Waals surface area contributed by atoms with Crippen LogP contribution in [0.4, 0.5) is 24.5 Å². The molecule has 0 aliphatic rings. The summed E-state index contributed by atoms with van der Waals surface area (Å²) in [6.07, 6.45) is -3.23. The van der Waals surface area contributed by atoms with Crippen LogP contribution in [0.25, 0.3) is 0 Å². The number of hydrogen-bond donors (Lipinski definition) is 2. The number of aryl methyl sites for hydroxylation is 1. The number of halogens is 4. The first-order valence-electron chi connectivity index (χ1n) is 5.65. The zero-order chi connectivity index (χ0) is 15.8. The lowest BCUT2D eigenvalue weighted by molar-refractivity contribution is -0.138. The third-order valence-electron chi connectivity index (χ3n) is 2.71. The number of nitrogens with two attached hydrogens (primary N) is 1. The van der Waals surface area contributed by atoms with Gasteiger partial charge >= 0.3 is 6.18 Å². The van der Waals surface area contributed by atoms with Gasteiger partial charge in [0.15, 0.2) is 0 Å². The summed E-state index contributed by atoms with van der Waals surface area (Å²) < 4.78 is 39.5. The number of alkyl halides is 3. The number of benzene rings is 1. The van der Waals surface area contributed by atoms with Gasteiger partial charge in [-0.2, -0.15) is 18.3 Å². The lowest BCUT2D eigenvalue weighted by Crippen LogP contribution is -2.18. The van der Waals surface area contributed by atoms with Crippen LogP contribution in [0.5, 0.6) is 0 Å². The molecule has 0 atom stereocenters. The highest BCUT2D eigenvalue weighted by Crippen LogP contribution is 2.36. The van der Waals surface area contributed by atoms with Crippen molar-refractivity contribution in [3.05, 3.63) is 40.1 Å². The Morgan fingerprint density at radius 1 is 1.43 bits per heavy atom. The molecule has 112 valence electrons. The molecular weight excluding hydrogens is 353 g/mol. The molecule has 1 amide bonds. The number of rotatable bonds is 2. The summed E-state index contributed by atoms with van der Waals surface area (Å²) >= 11 is 2.83. The zero-order valence-electron chi connectivity index (χ0n) is 10.7. The average Bonchev–Trinajstić information content (AvgIpc) is 2.70. The molecule has 0 saturated carbocycles. The van der Waals surface area contributed by atoms with Crippen molar-refractivity contribution in [2.75, 3.05) is 11.1 Å². The number of hydrogen-bond acceptors (Lipinski definition) is 3. The van der Waals surface area contributed by atoms with Gasteiger partial charge in [-0.3, -0.25) is 9.48 Å². The number of anilines is 2. The van der Waals surface area contributed by atoms with Crippen LogP contribution in [-0.2, 0) is 13.2 Å². The summed E-state index contributed by atoms with van der Waals surface area (Å²) in [4.78, 5) is 12.0. The highest BCUT2D eigenvalue weighted by molar-refractivity contribution is 9.10. The molecule has 1 aromatic heterocycles. The first-order valence-corrected chi connectivity index (χ1v) is 6.45. The zero-order valence-corrected chi connectivity index (χ0v) is 12.3. The monoisotopic (exact) mass is 362 g/mol. The maximum Gasteiger partial charge on any atom is 0.417 e. The van der Waals surface area contributed by atoms with E-state index in [2.05, 4.69) is 26.3 Å². The van der Waals surface area contributed by atoms with Crippen molar-refractivity contribution >= 4 is 33.2 Å². The first-order chi connectivity index (χ1) is 9.70. The smallest absolute Gasteiger partial charge is 0.396 e. The number of nitrogen functional groups attached to an aromatic ring is 1. The van der Waals surface area contributed by atoms with E-state index in [0.29, 0.717) is 0 Å². The quantitative estimate of drug-likeness (QED) is 0.862. The van der Waals surface area contributed by atoms with Gasteiger partial charge in [-0.1, -0.05) is 15.9 Å². The fourth-order valence-corrected chi connectivity index (χ4v) is 2.21. The Morgan fingerprint density at radius 2 is 2.10 bits per heavy atom. The molecule has 0 fully saturated rings. The van der Waals surface area contributed by atoms with Crippen molar-refractivity contribution in [3.63, 3.8) is 0 Å². The molecule has 2 aromatic rings. The molecule has 0 spiro atoms. The largest absolute Gasteiger partial charge is 0.417 e. The Bertz CT molecular complexity index is 677. The predicted molar refractivity (Wildman–Crippen MR) is 74.7 cm³/mol. The maximum atomic E-state index is 12.8. The van der Waals surface area contributed by atoms with Crippen molar-refractivity contribution in [2.45, 2.75) is 6.18 Å². The van der Waals surface area contributed by atoms with Crippen LogP contribution in [0.3, 0.4) is 0 Å². The fourth-order valence-electron chi connectivity index (χ4n) is 1.74. The lowest BCUT2D eigenvalue weighted by atomic mass is 10.2. The van der Waals surface area contributed by atoms with Gasteiger partial charge in [0.05, 0.1) is 17.4 Å². The molecular formula is C12H10BrF3N4O. The molecule has 0 saturated heterocycles. The van der Waals surface area contributed by atoms with Crippen molar-refractivity contribution in [3.8, 4) is 0 Å². The molecule has 0 radical (unpaired) electrons. The van der Waals surface area contributed by atoms with E-state index in [1.165, 1.54) is 30.1 Å². The molecule has 0 bridgehead atoms. The third-order valence-corrected chi connectivity index (χ3v) is 3.40. The lowest BCUT2D eigenvalue weighted by Gasteiger charge is -2.12. The van der Waals surface area contributed by atoms with Gasteiger partial charge < -0.3 is 11.1 Å². The fraction of sp³-hybridized carbons (Fsp3) is 0.167. The van der Waals surface area contributed by atoms with E-state index < -0.39 is 17.6 Å². The number of aromatic nitrogens is 2. The Balaban J connectivity index is 2.31. The van der Waals surface area contributed by atoms with Gasteiger partial charge in [0.1, 0.15) is 5.69 Å². The van der Waals surface area contributed by atoms with E-state index >= 15 is 0 Å². The van der Waals surface area contributed by atoms with Crippen LogP contribution in [0.2, 0.25) is 0 Å². The molecule has 0 aliphatic heterocycles. The number of amides is 1. The highest BCUT2D eigenvalue weighted by Gasteiger charge is 2.33. The highest BCUT2D eigenvalue weighted by atomic mass is 79.9. The normalized spacial score (nSPS) is 11.5. The molecule has 2 rings (SSSR count). The summed E-state index contributed by atoms with van der Waals surface area (Å²) in [5, 5.41) is 6.16. The molecule has 1 heterocycles. The van der Waals surface area contributed by atoms with E-state index in [-0.39, 0.29) is 21.5 Å². The summed E-state index contributed by atoms with van der Waals surface area (Å²) in [5.41, 5.74) is 4.94. The summed E-state index contributed by atoms with van der Waals surface area (Å²) in [6, 6.07) is 3.41. The van der Waals surface area contributed by atoms with Gasteiger partial charge in [0.2, 0.25) is 0 Å². The summed E-state index contributed by atoms with van der Waals surface area (Å²) in [6.45, 7) is 0. The number of carbonyl (C=O) groups excluding carboxylic acids is 1. The first kappa shape index (κ1) is 15.4. The Morgan fingerprint density at radius 3 is 2.62 bits per heavy atom. The minimum atomic E-state index is -4.52. The second kappa shape index (κ2) is 5.40. The van der Waals surface area contributed by atoms with Crippen molar-refractivity contribution in [1.82, 2.24) is 9.78 Å². The molecule has 5 nitrogen and oxygen atoms in total. The summed E-state index contributed by atoms with van der Waals surface area (Å²) in [7, 11) is 1.51. The Hall–Kier alpha value is -2.03. The molecule has 21 heavy (non-hydrogen) atoms. The van der Waals surface area contributed by atoms with E-state index in [0.717, 1.165) is 6.07 Å². The number of nitrogens with one attached hydrogen (secondary N) is 1. The van der Waals surface area contributed by atoms with Crippen LogP contribution in [0, 0.1) is 0 Å². The predicted octanol–water partition coefficient (Wildman–Crippen LogP) is 3.04. The Kier molecular flexibility index (Phi) is 3.95. The van der Waals surface area contributed by atoms with Crippen LogP contribution in [0.1, 0.15) is 16.1 Å². The SMILES string of the molecule is Cn1ncc(N)c1C(=O)Nc1ccc(Br)c(C(F)(F)F)c1. The minimum absolute atomic E-state index is 0.0103. The van der Waals surface area contributed by atoms with Crippen molar-refractivity contribution < 1.29 is 18.0 Å². The number of carbonyl (C=O) groups is 1. The second-order valence-electron chi connectivity index (χ2n) is 4.22. The molecule has 0 unspecified atom stereocenters. The van der Waals surface area contributed by atoms with E-state index in [4.69, 9.17) is 5.73 Å². The van der Waals surface area contributed by atoms with E-state index in [1.807, 2.05) is 0 Å². The molecule has 9 heteroatoms. The average molecular weight is 363 g/mol. The van der Waals surface area contributed by atoms with Gasteiger partial charge in [0.25, 0.3) is 5.91 Å². The third kappa shape index (κ3) is 3.18. The Labute approximate surface area is 126 Å². The van der Waals surface area contributed by atoms with Gasteiger partial charge in [0, 0.05) is 17.2 Å². The molecule has 1 aromatic carbocycles.